The second-order valence-electron chi connectivity index (χ2n) is 6.63. The Morgan fingerprint density at radius 3 is 2.45 bits per heavy atom. The summed E-state index contributed by atoms with van der Waals surface area (Å²) in [5, 5.41) is 7.83. The van der Waals surface area contributed by atoms with Crippen molar-refractivity contribution in [1.82, 2.24) is 10.2 Å². The van der Waals surface area contributed by atoms with Gasteiger partial charge in [-0.05, 0) is 44.4 Å². The van der Waals surface area contributed by atoms with E-state index in [2.05, 4.69) is 5.32 Å². The van der Waals surface area contributed by atoms with Crippen molar-refractivity contribution in [1.29, 1.82) is 0 Å². The van der Waals surface area contributed by atoms with Gasteiger partial charge in [0, 0.05) is 19.1 Å². The normalized spacial score (nSPS) is 14.9. The molecule has 2 amide bonds. The van der Waals surface area contributed by atoms with Crippen LogP contribution in [-0.4, -0.2) is 63.6 Å². The predicted octanol–water partition coefficient (Wildman–Crippen LogP) is 0.536. The molecule has 160 valence electrons. The number of esters is 1. The lowest BCUT2D eigenvalue weighted by Gasteiger charge is -2.31. The van der Waals surface area contributed by atoms with E-state index in [1.165, 1.54) is 12.1 Å². The van der Waals surface area contributed by atoms with Crippen molar-refractivity contribution in [3.8, 4) is 0 Å². The molecule has 0 spiro atoms. The van der Waals surface area contributed by atoms with Gasteiger partial charge in [0.15, 0.2) is 6.61 Å². The lowest BCUT2D eigenvalue weighted by molar-refractivity contribution is -0.125. The van der Waals surface area contributed by atoms with Crippen molar-refractivity contribution in [2.24, 2.45) is 5.14 Å². The molecule has 0 bridgehead atoms. The number of likely N-dealkylation sites (tertiary alicyclic amines) is 1. The number of rotatable bonds is 6. The number of amides is 2. The first-order valence-electron chi connectivity index (χ1n) is 9.13. The second-order valence-corrected chi connectivity index (χ2v) is 8.19. The standard InChI is InChI=1S/C18H25N3O7S/c1-3-27-18(24)21-8-6-13(7-9-21)20-16(22)11-28-17(23)15-10-14(29(19,25)26)5-4-12(15)2/h4-5,10,13H,3,6-9,11H2,1-2H3,(H,20,22)(H2,19,25,26). The van der Waals surface area contributed by atoms with E-state index in [1.54, 1.807) is 18.7 Å². The number of hydrogen-bond donors (Lipinski definition) is 2. The van der Waals surface area contributed by atoms with Gasteiger partial charge in [-0.25, -0.2) is 23.1 Å². The molecule has 3 N–H and O–H groups in total. The van der Waals surface area contributed by atoms with Crippen LogP contribution in [0.4, 0.5) is 4.79 Å². The number of hydrogen-bond acceptors (Lipinski definition) is 7. The molecule has 1 fully saturated rings. The first kappa shape index (κ1) is 22.6. The number of carbonyl (C=O) groups is 3. The summed E-state index contributed by atoms with van der Waals surface area (Å²) in [5.74, 6) is -1.30. The van der Waals surface area contributed by atoms with E-state index < -0.39 is 28.5 Å². The van der Waals surface area contributed by atoms with E-state index in [0.717, 1.165) is 6.07 Å². The summed E-state index contributed by atoms with van der Waals surface area (Å²) in [7, 11) is -3.96. The number of nitrogens with zero attached hydrogens (tertiary/aromatic N) is 1. The third-order valence-electron chi connectivity index (χ3n) is 4.48. The van der Waals surface area contributed by atoms with Crippen molar-refractivity contribution in [3.63, 3.8) is 0 Å². The molecule has 1 aromatic carbocycles. The van der Waals surface area contributed by atoms with E-state index in [0.29, 0.717) is 38.1 Å². The lowest BCUT2D eigenvalue weighted by Crippen LogP contribution is -2.47. The number of nitrogens with one attached hydrogen (secondary N) is 1. The molecule has 29 heavy (non-hydrogen) atoms. The molecule has 2 rings (SSSR count). The molecular weight excluding hydrogens is 402 g/mol. The van der Waals surface area contributed by atoms with Crippen molar-refractivity contribution in [3.05, 3.63) is 29.3 Å². The quantitative estimate of drug-likeness (QED) is 0.630. The summed E-state index contributed by atoms with van der Waals surface area (Å²) >= 11 is 0. The fourth-order valence-corrected chi connectivity index (χ4v) is 3.44. The molecule has 1 aromatic rings. The minimum Gasteiger partial charge on any atom is -0.452 e. The molecule has 0 atom stereocenters. The Kier molecular flexibility index (Phi) is 7.57. The summed E-state index contributed by atoms with van der Waals surface area (Å²) in [5.41, 5.74) is 0.515. The van der Waals surface area contributed by atoms with E-state index in [-0.39, 0.29) is 22.6 Å². The lowest BCUT2D eigenvalue weighted by atomic mass is 10.1. The number of benzene rings is 1. The van der Waals surface area contributed by atoms with Crippen LogP contribution in [0.25, 0.3) is 0 Å². The maximum absolute atomic E-state index is 12.2. The van der Waals surface area contributed by atoms with Gasteiger partial charge in [-0.2, -0.15) is 0 Å². The largest absolute Gasteiger partial charge is 0.452 e. The molecule has 0 unspecified atom stereocenters. The van der Waals surface area contributed by atoms with Gasteiger partial charge >= 0.3 is 12.1 Å². The topological polar surface area (TPSA) is 145 Å². The van der Waals surface area contributed by atoms with Gasteiger partial charge in [0.2, 0.25) is 10.0 Å². The Morgan fingerprint density at radius 1 is 1.21 bits per heavy atom. The molecule has 1 aliphatic heterocycles. The molecule has 0 saturated carbocycles. The number of carbonyl (C=O) groups excluding carboxylic acids is 3. The van der Waals surface area contributed by atoms with Gasteiger partial charge in [-0.15, -0.1) is 0 Å². The van der Waals surface area contributed by atoms with Crippen molar-refractivity contribution in [2.75, 3.05) is 26.3 Å². The van der Waals surface area contributed by atoms with E-state index in [1.807, 2.05) is 0 Å². The molecule has 0 aromatic heterocycles. The smallest absolute Gasteiger partial charge is 0.409 e. The maximum atomic E-state index is 12.2. The summed E-state index contributed by atoms with van der Waals surface area (Å²) in [6, 6.07) is 3.71. The molecule has 0 aliphatic carbocycles. The van der Waals surface area contributed by atoms with E-state index >= 15 is 0 Å². The van der Waals surface area contributed by atoms with Crippen LogP contribution in [0, 0.1) is 6.92 Å². The maximum Gasteiger partial charge on any atom is 0.409 e. The molecule has 10 nitrogen and oxygen atoms in total. The SMILES string of the molecule is CCOC(=O)N1CCC(NC(=O)COC(=O)c2cc(S(N)(=O)=O)ccc2C)CC1. The Bertz CT molecular complexity index is 877. The van der Waals surface area contributed by atoms with Crippen LogP contribution in [0.15, 0.2) is 23.1 Å². The number of aryl methyl sites for hydroxylation is 1. The molecule has 1 aliphatic rings. The van der Waals surface area contributed by atoms with Crippen LogP contribution in [0.2, 0.25) is 0 Å². The number of piperidine rings is 1. The van der Waals surface area contributed by atoms with Gasteiger partial charge < -0.3 is 19.7 Å². The number of sulfonamides is 1. The number of ether oxygens (including phenoxy) is 2. The summed E-state index contributed by atoms with van der Waals surface area (Å²) in [4.78, 5) is 37.3. The van der Waals surface area contributed by atoms with Gasteiger partial charge in [-0.3, -0.25) is 4.79 Å². The van der Waals surface area contributed by atoms with E-state index in [9.17, 15) is 22.8 Å². The average Bonchev–Trinajstić information content (AvgIpc) is 2.66. The Morgan fingerprint density at radius 2 is 1.86 bits per heavy atom. The fraction of sp³-hybridized carbons (Fsp3) is 0.500. The Hall–Kier alpha value is -2.66. The van der Waals surface area contributed by atoms with Crippen LogP contribution >= 0.6 is 0 Å². The zero-order valence-corrected chi connectivity index (χ0v) is 17.2. The average molecular weight is 427 g/mol. The minimum atomic E-state index is -3.96. The predicted molar refractivity (Wildman–Crippen MR) is 103 cm³/mol. The van der Waals surface area contributed by atoms with Crippen LogP contribution in [0.5, 0.6) is 0 Å². The molecule has 1 saturated heterocycles. The molecule has 0 radical (unpaired) electrons. The Balaban J connectivity index is 1.84. The van der Waals surface area contributed by atoms with Gasteiger partial charge in [-0.1, -0.05) is 6.07 Å². The summed E-state index contributed by atoms with van der Waals surface area (Å²) in [6.45, 7) is 4.07. The van der Waals surface area contributed by atoms with Crippen molar-refractivity contribution >= 4 is 28.0 Å². The zero-order valence-electron chi connectivity index (χ0n) is 16.3. The highest BCUT2D eigenvalue weighted by atomic mass is 32.2. The second kappa shape index (κ2) is 9.70. The zero-order chi connectivity index (χ0) is 21.6. The third kappa shape index (κ3) is 6.43. The summed E-state index contributed by atoms with van der Waals surface area (Å²) in [6.07, 6.45) is 0.755. The van der Waals surface area contributed by atoms with Gasteiger partial charge in [0.1, 0.15) is 0 Å². The van der Waals surface area contributed by atoms with Gasteiger partial charge in [0.25, 0.3) is 5.91 Å². The van der Waals surface area contributed by atoms with Crippen LogP contribution in [0.1, 0.15) is 35.7 Å². The number of primary sulfonamides is 1. The molecule has 11 heteroatoms. The first-order chi connectivity index (χ1) is 13.6. The minimum absolute atomic E-state index is 0.0204. The molecular formula is C18H25N3O7S. The fourth-order valence-electron chi connectivity index (χ4n) is 2.90. The highest BCUT2D eigenvalue weighted by Crippen LogP contribution is 2.16. The van der Waals surface area contributed by atoms with Crippen LogP contribution in [0.3, 0.4) is 0 Å². The highest BCUT2D eigenvalue weighted by molar-refractivity contribution is 7.89. The van der Waals surface area contributed by atoms with E-state index in [4.69, 9.17) is 14.6 Å². The van der Waals surface area contributed by atoms with Crippen molar-refractivity contribution in [2.45, 2.75) is 37.6 Å². The summed E-state index contributed by atoms with van der Waals surface area (Å²) < 4.78 is 32.8. The first-order valence-corrected chi connectivity index (χ1v) is 10.7. The van der Waals surface area contributed by atoms with Crippen molar-refractivity contribution < 1.29 is 32.3 Å². The van der Waals surface area contributed by atoms with Crippen LogP contribution < -0.4 is 10.5 Å². The third-order valence-corrected chi connectivity index (χ3v) is 5.39. The molecule has 1 heterocycles. The number of nitrogens with two attached hydrogens (primary N) is 1. The van der Waals surface area contributed by atoms with Gasteiger partial charge in [0.05, 0.1) is 17.1 Å². The Labute approximate surface area is 169 Å². The van der Waals surface area contributed by atoms with Crippen LogP contribution in [-0.2, 0) is 24.3 Å². The monoisotopic (exact) mass is 427 g/mol. The highest BCUT2D eigenvalue weighted by Gasteiger charge is 2.25.